The Kier molecular flexibility index (Phi) is 8.72. The second kappa shape index (κ2) is 12.2. The zero-order chi connectivity index (χ0) is 27.1. The van der Waals surface area contributed by atoms with E-state index in [0.29, 0.717) is 35.6 Å². The molecule has 0 unspecified atom stereocenters. The van der Waals surface area contributed by atoms with Crippen molar-refractivity contribution in [3.8, 4) is 17.2 Å². The lowest BCUT2D eigenvalue weighted by Crippen LogP contribution is -2.39. The number of pyridine rings is 1. The number of carbonyl (C=O) groups is 1. The minimum Gasteiger partial charge on any atom is -0.420 e. The van der Waals surface area contributed by atoms with Gasteiger partial charge in [-0.15, -0.1) is 10.2 Å². The maximum Gasteiger partial charge on any atom is 0.415 e. The number of carbonyl (C=O) groups excluding carboxylic acids is 1. The van der Waals surface area contributed by atoms with E-state index in [9.17, 15) is 13.2 Å². The third kappa shape index (κ3) is 7.15. The van der Waals surface area contributed by atoms with Gasteiger partial charge in [-0.2, -0.15) is 8.42 Å². The first-order valence-electron chi connectivity index (χ1n) is 11.7. The molecule has 3 heterocycles. The average Bonchev–Trinajstić information content (AvgIpc) is 3.40. The molecule has 198 valence electrons. The highest BCUT2D eigenvalue weighted by Crippen LogP contribution is 2.32. The molecule has 0 aliphatic carbocycles. The van der Waals surface area contributed by atoms with Crippen molar-refractivity contribution < 1.29 is 26.9 Å². The molecule has 1 amide bonds. The fraction of sp³-hybridized carbons (Fsp3) is 0.231. The quantitative estimate of drug-likeness (QED) is 0.327. The van der Waals surface area contributed by atoms with Crippen LogP contribution in [0.4, 0.5) is 4.79 Å². The molecule has 2 aromatic heterocycles. The van der Waals surface area contributed by atoms with E-state index in [1.54, 1.807) is 41.4 Å². The number of halogens is 1. The summed E-state index contributed by atoms with van der Waals surface area (Å²) in [6.45, 7) is 2.97. The van der Waals surface area contributed by atoms with Crippen LogP contribution >= 0.6 is 11.6 Å². The molecule has 2 aromatic carbocycles. The Balaban J connectivity index is 0.000000257. The molecule has 12 heteroatoms. The summed E-state index contributed by atoms with van der Waals surface area (Å²) in [4.78, 5) is 17.8. The molecule has 4 aromatic rings. The molecule has 10 nitrogen and oxygen atoms in total. The Morgan fingerprint density at radius 2 is 1.76 bits per heavy atom. The van der Waals surface area contributed by atoms with Crippen LogP contribution in [0, 0.1) is 6.92 Å². The normalized spacial score (nSPS) is 13.9. The first-order chi connectivity index (χ1) is 18.2. The summed E-state index contributed by atoms with van der Waals surface area (Å²) in [5.74, 6) is 1.53. The summed E-state index contributed by atoms with van der Waals surface area (Å²) in [5, 5.41) is 8.87. The van der Waals surface area contributed by atoms with Crippen LogP contribution in [0.15, 0.2) is 82.4 Å². The zero-order valence-electron chi connectivity index (χ0n) is 20.4. The highest BCUT2D eigenvalue weighted by Gasteiger charge is 2.28. The van der Waals surface area contributed by atoms with Crippen LogP contribution in [0.5, 0.6) is 5.75 Å². The van der Waals surface area contributed by atoms with Gasteiger partial charge in [-0.25, -0.2) is 4.79 Å². The Bertz CT molecular complexity index is 1470. The molecule has 0 atom stereocenters. The summed E-state index contributed by atoms with van der Waals surface area (Å²) in [5.41, 5.74) is 1.67. The van der Waals surface area contributed by atoms with E-state index < -0.39 is 10.1 Å². The highest BCUT2D eigenvalue weighted by atomic mass is 35.5. The van der Waals surface area contributed by atoms with Crippen molar-refractivity contribution in [1.29, 1.82) is 0 Å². The maximum atomic E-state index is 12.2. The van der Waals surface area contributed by atoms with Crippen LogP contribution in [0.3, 0.4) is 0 Å². The van der Waals surface area contributed by atoms with Gasteiger partial charge >= 0.3 is 6.09 Å². The van der Waals surface area contributed by atoms with E-state index >= 15 is 0 Å². The van der Waals surface area contributed by atoms with Crippen LogP contribution < -0.4 is 4.74 Å². The van der Waals surface area contributed by atoms with Gasteiger partial charge in [0, 0.05) is 25.2 Å². The van der Waals surface area contributed by atoms with Gasteiger partial charge < -0.3 is 14.1 Å². The number of ether oxygens (including phenoxy) is 1. The van der Waals surface area contributed by atoms with Gasteiger partial charge in [0.2, 0.25) is 11.8 Å². The van der Waals surface area contributed by atoms with Crippen LogP contribution in [0.2, 0.25) is 5.02 Å². The number of amides is 1. The number of likely N-dealkylation sites (tertiary alicyclic amines) is 1. The number of piperidine rings is 1. The second-order valence-corrected chi connectivity index (χ2v) is 10.4. The lowest BCUT2D eigenvalue weighted by molar-refractivity contribution is 0.136. The van der Waals surface area contributed by atoms with Crippen molar-refractivity contribution in [3.05, 3.63) is 89.5 Å². The Labute approximate surface area is 225 Å². The van der Waals surface area contributed by atoms with Crippen molar-refractivity contribution in [2.45, 2.75) is 30.6 Å². The smallest absolute Gasteiger partial charge is 0.415 e. The van der Waals surface area contributed by atoms with E-state index in [1.807, 2.05) is 25.1 Å². The molecule has 1 fully saturated rings. The Morgan fingerprint density at radius 3 is 2.39 bits per heavy atom. The molecule has 0 saturated carbocycles. The molecular formula is C26H25ClN4O6S. The van der Waals surface area contributed by atoms with Gasteiger partial charge in [-0.1, -0.05) is 41.4 Å². The van der Waals surface area contributed by atoms with E-state index in [-0.39, 0.29) is 16.9 Å². The number of aromatic nitrogens is 3. The minimum atomic E-state index is -4.02. The summed E-state index contributed by atoms with van der Waals surface area (Å²) in [6, 6.07) is 16.8. The third-order valence-corrected chi connectivity index (χ3v) is 7.00. The number of hydrogen-bond acceptors (Lipinski definition) is 8. The number of nitrogens with zero attached hydrogens (tertiary/aromatic N) is 4. The molecule has 1 saturated heterocycles. The van der Waals surface area contributed by atoms with Gasteiger partial charge in [0.15, 0.2) is 5.75 Å². The fourth-order valence-electron chi connectivity index (χ4n) is 3.74. The van der Waals surface area contributed by atoms with E-state index in [1.165, 1.54) is 18.3 Å². The van der Waals surface area contributed by atoms with Gasteiger partial charge in [0.05, 0.1) is 21.7 Å². The molecule has 1 aliphatic rings. The van der Waals surface area contributed by atoms with Crippen molar-refractivity contribution in [3.63, 3.8) is 0 Å². The topological polar surface area (TPSA) is 136 Å². The van der Waals surface area contributed by atoms with Gasteiger partial charge in [0.25, 0.3) is 10.1 Å². The minimum absolute atomic E-state index is 0.0666. The fourth-order valence-corrected chi connectivity index (χ4v) is 4.43. The summed E-state index contributed by atoms with van der Waals surface area (Å²) < 4.78 is 40.7. The Morgan fingerprint density at radius 1 is 1.05 bits per heavy atom. The zero-order valence-corrected chi connectivity index (χ0v) is 22.0. The standard InChI is InChI=1S/C19H17ClN4O3.C7H8O3S/c20-16-6-2-1-5-15(16)18-23-22-17(27-18)13-7-10-24(11-8-13)19(25)26-14-4-3-9-21-12-14;1-6-2-4-7(5-3-6)11(8,9)10/h1-6,9,12-13H,7-8,10-11H2;2-5H,1H3,(H,8,9,10). The number of rotatable bonds is 4. The van der Waals surface area contributed by atoms with Gasteiger partial charge in [-0.3, -0.25) is 9.54 Å². The first kappa shape index (κ1) is 27.2. The molecule has 1 N–H and O–H groups in total. The van der Waals surface area contributed by atoms with Crippen LogP contribution in [-0.2, 0) is 10.1 Å². The average molecular weight is 557 g/mol. The van der Waals surface area contributed by atoms with E-state index in [0.717, 1.165) is 24.0 Å². The van der Waals surface area contributed by atoms with Crippen molar-refractivity contribution in [2.75, 3.05) is 13.1 Å². The molecule has 1 aliphatic heterocycles. The molecule has 0 bridgehead atoms. The number of hydrogen-bond donors (Lipinski definition) is 1. The monoisotopic (exact) mass is 556 g/mol. The summed E-state index contributed by atoms with van der Waals surface area (Å²) in [6.07, 6.45) is 4.23. The van der Waals surface area contributed by atoms with Crippen molar-refractivity contribution in [1.82, 2.24) is 20.1 Å². The van der Waals surface area contributed by atoms with Crippen LogP contribution in [0.1, 0.15) is 30.2 Å². The third-order valence-electron chi connectivity index (χ3n) is 5.81. The first-order valence-corrected chi connectivity index (χ1v) is 13.5. The highest BCUT2D eigenvalue weighted by molar-refractivity contribution is 7.85. The summed E-state index contributed by atoms with van der Waals surface area (Å²) in [7, 11) is -4.02. The van der Waals surface area contributed by atoms with Crippen molar-refractivity contribution in [2.24, 2.45) is 0 Å². The van der Waals surface area contributed by atoms with Crippen LogP contribution in [0.25, 0.3) is 11.5 Å². The summed E-state index contributed by atoms with van der Waals surface area (Å²) >= 11 is 6.18. The molecular weight excluding hydrogens is 532 g/mol. The largest absolute Gasteiger partial charge is 0.420 e. The lowest BCUT2D eigenvalue weighted by Gasteiger charge is -2.29. The van der Waals surface area contributed by atoms with Crippen LogP contribution in [-0.4, -0.2) is 52.2 Å². The predicted octanol–water partition coefficient (Wildman–Crippen LogP) is 5.41. The van der Waals surface area contributed by atoms with E-state index in [4.69, 9.17) is 25.3 Å². The maximum absolute atomic E-state index is 12.2. The van der Waals surface area contributed by atoms with Gasteiger partial charge in [0.1, 0.15) is 0 Å². The predicted molar refractivity (Wildman–Crippen MR) is 140 cm³/mol. The SMILES string of the molecule is Cc1ccc(S(=O)(=O)O)cc1.O=C(Oc1cccnc1)N1CCC(c2nnc(-c3ccccc3Cl)o2)CC1. The number of aryl methyl sites for hydroxylation is 1. The molecule has 0 radical (unpaired) electrons. The van der Waals surface area contributed by atoms with Gasteiger partial charge in [-0.05, 0) is 56.2 Å². The van der Waals surface area contributed by atoms with Crippen molar-refractivity contribution >= 4 is 27.8 Å². The number of benzene rings is 2. The molecule has 0 spiro atoms. The second-order valence-electron chi connectivity index (χ2n) is 8.53. The Hall–Kier alpha value is -3.80. The molecule has 38 heavy (non-hydrogen) atoms. The molecule has 5 rings (SSSR count). The lowest BCUT2D eigenvalue weighted by atomic mass is 9.97. The van der Waals surface area contributed by atoms with E-state index in [2.05, 4.69) is 15.2 Å².